The van der Waals surface area contributed by atoms with Crippen molar-refractivity contribution in [1.29, 1.82) is 5.26 Å². The van der Waals surface area contributed by atoms with Crippen molar-refractivity contribution in [3.05, 3.63) is 29.3 Å². The molecule has 0 bridgehead atoms. The molecule has 2 fully saturated rings. The predicted molar refractivity (Wildman–Crippen MR) is 81.2 cm³/mol. The topological polar surface area (TPSA) is 51.5 Å². The second-order valence-corrected chi connectivity index (χ2v) is 5.76. The molecular weight excluding hydrogens is 264 g/mol. The SMILES string of the molecule is COc1ccc(C#N)cc1CN1CCN(C2CNC2)CC1. The Morgan fingerprint density at radius 3 is 2.62 bits per heavy atom. The summed E-state index contributed by atoms with van der Waals surface area (Å²) in [5, 5.41) is 12.4. The molecule has 1 aromatic rings. The quantitative estimate of drug-likeness (QED) is 0.881. The van der Waals surface area contributed by atoms with E-state index in [2.05, 4.69) is 21.2 Å². The van der Waals surface area contributed by atoms with Crippen LogP contribution in [0.5, 0.6) is 5.75 Å². The van der Waals surface area contributed by atoms with Crippen LogP contribution in [0.3, 0.4) is 0 Å². The highest BCUT2D eigenvalue weighted by Crippen LogP contribution is 2.22. The minimum atomic E-state index is 0.699. The maximum Gasteiger partial charge on any atom is 0.123 e. The molecule has 0 spiro atoms. The summed E-state index contributed by atoms with van der Waals surface area (Å²) in [4.78, 5) is 5.03. The average molecular weight is 286 g/mol. The molecule has 2 heterocycles. The van der Waals surface area contributed by atoms with E-state index in [0.29, 0.717) is 5.56 Å². The lowest BCUT2D eigenvalue weighted by molar-refractivity contribution is 0.0692. The summed E-state index contributed by atoms with van der Waals surface area (Å²) in [5.41, 5.74) is 1.81. The van der Waals surface area contributed by atoms with E-state index in [1.54, 1.807) is 7.11 Å². The van der Waals surface area contributed by atoms with Crippen molar-refractivity contribution in [2.24, 2.45) is 0 Å². The molecule has 3 rings (SSSR count). The maximum absolute atomic E-state index is 9.04. The van der Waals surface area contributed by atoms with E-state index in [1.165, 1.54) is 0 Å². The molecule has 5 nitrogen and oxygen atoms in total. The van der Waals surface area contributed by atoms with Gasteiger partial charge in [0, 0.05) is 57.4 Å². The van der Waals surface area contributed by atoms with Crippen molar-refractivity contribution in [3.8, 4) is 11.8 Å². The van der Waals surface area contributed by atoms with E-state index in [4.69, 9.17) is 10.00 Å². The zero-order valence-corrected chi connectivity index (χ0v) is 12.5. The van der Waals surface area contributed by atoms with E-state index in [0.717, 1.165) is 63.2 Å². The summed E-state index contributed by atoms with van der Waals surface area (Å²) < 4.78 is 5.42. The average Bonchev–Trinajstić information content (AvgIpc) is 2.47. The van der Waals surface area contributed by atoms with Gasteiger partial charge in [-0.2, -0.15) is 5.26 Å². The molecule has 1 N–H and O–H groups in total. The monoisotopic (exact) mass is 286 g/mol. The molecule has 0 saturated carbocycles. The third-order valence-electron chi connectivity index (χ3n) is 4.49. The summed E-state index contributed by atoms with van der Waals surface area (Å²) in [6, 6.07) is 8.59. The molecule has 0 amide bonds. The zero-order chi connectivity index (χ0) is 14.7. The van der Waals surface area contributed by atoms with E-state index >= 15 is 0 Å². The lowest BCUT2D eigenvalue weighted by Gasteiger charge is -2.43. The van der Waals surface area contributed by atoms with E-state index < -0.39 is 0 Å². The third-order valence-corrected chi connectivity index (χ3v) is 4.49. The van der Waals surface area contributed by atoms with Gasteiger partial charge in [-0.25, -0.2) is 0 Å². The molecule has 21 heavy (non-hydrogen) atoms. The number of hydrogen-bond acceptors (Lipinski definition) is 5. The van der Waals surface area contributed by atoms with Crippen LogP contribution >= 0.6 is 0 Å². The number of benzene rings is 1. The van der Waals surface area contributed by atoms with Gasteiger partial charge in [0.25, 0.3) is 0 Å². The number of ether oxygens (including phenoxy) is 1. The highest BCUT2D eigenvalue weighted by Gasteiger charge is 2.27. The molecule has 1 aromatic carbocycles. The van der Waals surface area contributed by atoms with Crippen LogP contribution in [0.4, 0.5) is 0 Å². The molecule has 0 radical (unpaired) electrons. The molecule has 2 saturated heterocycles. The Morgan fingerprint density at radius 2 is 2.05 bits per heavy atom. The van der Waals surface area contributed by atoms with E-state index in [-0.39, 0.29) is 0 Å². The van der Waals surface area contributed by atoms with Gasteiger partial charge >= 0.3 is 0 Å². The lowest BCUT2D eigenvalue weighted by atomic mass is 10.1. The van der Waals surface area contributed by atoms with Crippen molar-refractivity contribution in [2.75, 3.05) is 46.4 Å². The van der Waals surface area contributed by atoms with Gasteiger partial charge in [0.15, 0.2) is 0 Å². The minimum Gasteiger partial charge on any atom is -0.496 e. The first-order valence-electron chi connectivity index (χ1n) is 7.54. The van der Waals surface area contributed by atoms with E-state index in [1.807, 2.05) is 18.2 Å². The molecule has 5 heteroatoms. The van der Waals surface area contributed by atoms with Gasteiger partial charge in [-0.15, -0.1) is 0 Å². The van der Waals surface area contributed by atoms with Gasteiger partial charge in [-0.3, -0.25) is 9.80 Å². The van der Waals surface area contributed by atoms with Gasteiger partial charge in [0.1, 0.15) is 5.75 Å². The predicted octanol–water partition coefficient (Wildman–Crippen LogP) is 0.656. The van der Waals surface area contributed by atoms with Gasteiger partial charge in [-0.05, 0) is 18.2 Å². The third kappa shape index (κ3) is 3.18. The number of hydrogen-bond donors (Lipinski definition) is 1. The Kier molecular flexibility index (Phi) is 4.39. The fourth-order valence-electron chi connectivity index (χ4n) is 3.03. The second-order valence-electron chi connectivity index (χ2n) is 5.76. The summed E-state index contributed by atoms with van der Waals surface area (Å²) >= 11 is 0. The molecule has 0 atom stereocenters. The molecule has 0 unspecified atom stereocenters. The van der Waals surface area contributed by atoms with Gasteiger partial charge in [-0.1, -0.05) is 0 Å². The van der Waals surface area contributed by atoms with Crippen molar-refractivity contribution in [3.63, 3.8) is 0 Å². The Hall–Kier alpha value is -1.61. The van der Waals surface area contributed by atoms with Crippen LogP contribution < -0.4 is 10.1 Å². The Balaban J connectivity index is 1.60. The van der Waals surface area contributed by atoms with Crippen molar-refractivity contribution >= 4 is 0 Å². The number of nitriles is 1. The number of nitrogens with one attached hydrogen (secondary N) is 1. The number of nitrogens with zero attached hydrogens (tertiary/aromatic N) is 3. The van der Waals surface area contributed by atoms with E-state index in [9.17, 15) is 0 Å². The number of methoxy groups -OCH3 is 1. The summed E-state index contributed by atoms with van der Waals surface area (Å²) in [6.45, 7) is 7.55. The van der Waals surface area contributed by atoms with Crippen LogP contribution in [0, 0.1) is 11.3 Å². The molecular formula is C16H22N4O. The zero-order valence-electron chi connectivity index (χ0n) is 12.5. The van der Waals surface area contributed by atoms with Crippen LogP contribution in [0.15, 0.2) is 18.2 Å². The second kappa shape index (κ2) is 6.44. The molecule has 112 valence electrons. The maximum atomic E-state index is 9.04. The largest absolute Gasteiger partial charge is 0.496 e. The van der Waals surface area contributed by atoms with Crippen molar-refractivity contribution < 1.29 is 4.74 Å². The van der Waals surface area contributed by atoms with Crippen LogP contribution in [0.25, 0.3) is 0 Å². The first kappa shape index (κ1) is 14.3. The highest BCUT2D eigenvalue weighted by molar-refractivity contribution is 5.42. The summed E-state index contributed by atoms with van der Waals surface area (Å²) in [6.07, 6.45) is 0. The summed E-state index contributed by atoms with van der Waals surface area (Å²) in [5.74, 6) is 0.875. The number of rotatable bonds is 4. The Labute approximate surface area is 126 Å². The first-order valence-corrected chi connectivity index (χ1v) is 7.54. The smallest absolute Gasteiger partial charge is 0.123 e. The fraction of sp³-hybridized carbons (Fsp3) is 0.562. The highest BCUT2D eigenvalue weighted by atomic mass is 16.5. The first-order chi connectivity index (χ1) is 10.3. The van der Waals surface area contributed by atoms with Crippen LogP contribution in [0.1, 0.15) is 11.1 Å². The van der Waals surface area contributed by atoms with Crippen molar-refractivity contribution in [1.82, 2.24) is 15.1 Å². The Bertz CT molecular complexity index is 528. The van der Waals surface area contributed by atoms with Crippen LogP contribution in [-0.2, 0) is 6.54 Å². The molecule has 0 aromatic heterocycles. The van der Waals surface area contributed by atoms with Gasteiger partial charge in [0.2, 0.25) is 0 Å². The molecule has 0 aliphatic carbocycles. The van der Waals surface area contributed by atoms with Gasteiger partial charge < -0.3 is 10.1 Å². The molecule has 2 aliphatic rings. The lowest BCUT2D eigenvalue weighted by Crippen LogP contribution is -2.61. The van der Waals surface area contributed by atoms with Crippen molar-refractivity contribution in [2.45, 2.75) is 12.6 Å². The Morgan fingerprint density at radius 1 is 1.29 bits per heavy atom. The van der Waals surface area contributed by atoms with Gasteiger partial charge in [0.05, 0.1) is 18.7 Å². The molecule has 2 aliphatic heterocycles. The van der Waals surface area contributed by atoms with Crippen LogP contribution in [0.2, 0.25) is 0 Å². The fourth-order valence-corrected chi connectivity index (χ4v) is 3.03. The summed E-state index contributed by atoms with van der Waals surface area (Å²) in [7, 11) is 1.69. The normalized spacial score (nSPS) is 20.8. The standard InChI is InChI=1S/C16H22N4O/c1-21-16-3-2-13(9-17)8-14(16)12-19-4-6-20(7-5-19)15-10-18-11-15/h2-3,8,15,18H,4-7,10-12H2,1H3. The van der Waals surface area contributed by atoms with Crippen LogP contribution in [-0.4, -0.2) is 62.2 Å². The minimum absolute atomic E-state index is 0.699. The number of piperazine rings is 1.